The zero-order valence-electron chi connectivity index (χ0n) is 10.9. The fraction of sp³-hybridized carbons (Fsp3) is 0.154. The summed E-state index contributed by atoms with van der Waals surface area (Å²) < 4.78 is 5.50. The normalized spacial score (nSPS) is 17.0. The van der Waals surface area contributed by atoms with Crippen molar-refractivity contribution in [1.29, 1.82) is 0 Å². The lowest BCUT2D eigenvalue weighted by atomic mass is 10.1. The average Bonchev–Trinajstić information content (AvgIpc) is 2.92. The number of nitrogens with two attached hydrogens (primary N) is 2. The SMILES string of the molecule is NC(=O)C1CN(C(=O)c2cc(N)n[nH]2)c2ccccc2O1. The van der Waals surface area contributed by atoms with Crippen molar-refractivity contribution in [2.45, 2.75) is 6.10 Å². The molecular weight excluding hydrogens is 274 g/mol. The third-order valence-corrected chi connectivity index (χ3v) is 3.16. The Balaban J connectivity index is 2.00. The van der Waals surface area contributed by atoms with E-state index < -0.39 is 12.0 Å². The molecule has 21 heavy (non-hydrogen) atoms. The predicted molar refractivity (Wildman–Crippen MR) is 74.7 cm³/mol. The number of rotatable bonds is 2. The summed E-state index contributed by atoms with van der Waals surface area (Å²) in [7, 11) is 0. The van der Waals surface area contributed by atoms with Crippen LogP contribution in [-0.2, 0) is 4.79 Å². The minimum absolute atomic E-state index is 0.0318. The molecule has 2 heterocycles. The summed E-state index contributed by atoms with van der Waals surface area (Å²) in [6, 6.07) is 8.35. The number of hydrogen-bond donors (Lipinski definition) is 3. The molecule has 5 N–H and O–H groups in total. The number of aromatic amines is 1. The Morgan fingerprint density at radius 2 is 2.14 bits per heavy atom. The number of fused-ring (bicyclic) bond motifs is 1. The van der Waals surface area contributed by atoms with Crippen LogP contribution in [0.1, 0.15) is 10.5 Å². The van der Waals surface area contributed by atoms with Gasteiger partial charge in [-0.2, -0.15) is 5.10 Å². The predicted octanol–water partition coefficient (Wildman–Crippen LogP) is -0.115. The van der Waals surface area contributed by atoms with E-state index in [1.54, 1.807) is 24.3 Å². The van der Waals surface area contributed by atoms with E-state index in [2.05, 4.69) is 10.2 Å². The smallest absolute Gasteiger partial charge is 0.276 e. The largest absolute Gasteiger partial charge is 0.477 e. The molecule has 0 bridgehead atoms. The number of H-pyrrole nitrogens is 1. The van der Waals surface area contributed by atoms with Gasteiger partial charge in [-0.15, -0.1) is 0 Å². The molecular formula is C13H13N5O3. The van der Waals surface area contributed by atoms with Crippen molar-refractivity contribution in [2.24, 2.45) is 5.73 Å². The Morgan fingerprint density at radius 1 is 1.38 bits per heavy atom. The molecule has 1 atom stereocenters. The van der Waals surface area contributed by atoms with Crippen LogP contribution in [0.4, 0.5) is 11.5 Å². The van der Waals surface area contributed by atoms with E-state index in [0.29, 0.717) is 11.4 Å². The molecule has 0 saturated carbocycles. The van der Waals surface area contributed by atoms with Crippen LogP contribution < -0.4 is 21.1 Å². The molecule has 0 spiro atoms. The van der Waals surface area contributed by atoms with Crippen LogP contribution in [0.15, 0.2) is 30.3 Å². The monoisotopic (exact) mass is 287 g/mol. The van der Waals surface area contributed by atoms with Crippen LogP contribution in [0.5, 0.6) is 5.75 Å². The highest BCUT2D eigenvalue weighted by Gasteiger charge is 2.33. The highest BCUT2D eigenvalue weighted by Crippen LogP contribution is 2.33. The zero-order valence-corrected chi connectivity index (χ0v) is 10.9. The Hall–Kier alpha value is -3.03. The van der Waals surface area contributed by atoms with E-state index >= 15 is 0 Å². The lowest BCUT2D eigenvalue weighted by molar-refractivity contribution is -0.124. The van der Waals surface area contributed by atoms with Gasteiger partial charge in [-0.25, -0.2) is 0 Å². The molecule has 0 fully saturated rings. The van der Waals surface area contributed by atoms with Crippen molar-refractivity contribution in [3.8, 4) is 5.75 Å². The summed E-state index contributed by atoms with van der Waals surface area (Å²) >= 11 is 0. The van der Waals surface area contributed by atoms with Crippen LogP contribution >= 0.6 is 0 Å². The molecule has 0 radical (unpaired) electrons. The number of hydrogen-bond acceptors (Lipinski definition) is 5. The first-order valence-corrected chi connectivity index (χ1v) is 6.24. The third kappa shape index (κ3) is 2.27. The minimum atomic E-state index is -0.899. The summed E-state index contributed by atoms with van der Waals surface area (Å²) in [5.41, 5.74) is 11.6. The second kappa shape index (κ2) is 4.82. The number of anilines is 2. The van der Waals surface area contributed by atoms with Crippen molar-refractivity contribution in [1.82, 2.24) is 10.2 Å². The number of nitrogens with one attached hydrogen (secondary N) is 1. The first kappa shape index (κ1) is 13.0. The fourth-order valence-electron chi connectivity index (χ4n) is 2.17. The van der Waals surface area contributed by atoms with Gasteiger partial charge in [-0.1, -0.05) is 12.1 Å². The zero-order chi connectivity index (χ0) is 15.0. The lowest BCUT2D eigenvalue weighted by Gasteiger charge is -2.33. The molecule has 3 rings (SSSR count). The maximum Gasteiger partial charge on any atom is 0.276 e. The quantitative estimate of drug-likeness (QED) is 0.709. The highest BCUT2D eigenvalue weighted by atomic mass is 16.5. The van der Waals surface area contributed by atoms with Gasteiger partial charge in [0.05, 0.1) is 12.2 Å². The van der Waals surface area contributed by atoms with Crippen LogP contribution in [0.3, 0.4) is 0 Å². The second-order valence-electron chi connectivity index (χ2n) is 4.60. The van der Waals surface area contributed by atoms with Crippen LogP contribution in [0.25, 0.3) is 0 Å². The summed E-state index contributed by atoms with van der Waals surface area (Å²) in [5.74, 6) is -0.354. The van der Waals surface area contributed by atoms with Crippen molar-refractivity contribution in [2.75, 3.05) is 17.2 Å². The molecule has 0 saturated heterocycles. The van der Waals surface area contributed by atoms with Gasteiger partial charge in [0.2, 0.25) is 0 Å². The molecule has 1 aromatic heterocycles. The third-order valence-electron chi connectivity index (χ3n) is 3.16. The van der Waals surface area contributed by atoms with Crippen LogP contribution in [0.2, 0.25) is 0 Å². The average molecular weight is 287 g/mol. The molecule has 0 aliphatic carbocycles. The van der Waals surface area contributed by atoms with Crippen molar-refractivity contribution in [3.05, 3.63) is 36.0 Å². The van der Waals surface area contributed by atoms with Crippen LogP contribution in [-0.4, -0.2) is 34.7 Å². The number of aromatic nitrogens is 2. The van der Waals surface area contributed by atoms with Crippen molar-refractivity contribution >= 4 is 23.3 Å². The van der Waals surface area contributed by atoms with Crippen molar-refractivity contribution in [3.63, 3.8) is 0 Å². The summed E-state index contributed by atoms with van der Waals surface area (Å²) in [6.07, 6.45) is -0.899. The maximum absolute atomic E-state index is 12.5. The Labute approximate surface area is 119 Å². The number of carbonyl (C=O) groups excluding carboxylic acids is 2. The number of para-hydroxylation sites is 2. The molecule has 1 aliphatic rings. The molecule has 1 aromatic carbocycles. The van der Waals surface area contributed by atoms with Gasteiger partial charge < -0.3 is 16.2 Å². The number of ether oxygens (including phenoxy) is 1. The van der Waals surface area contributed by atoms with Gasteiger partial charge in [0, 0.05) is 6.07 Å². The van der Waals surface area contributed by atoms with Gasteiger partial charge in [0.1, 0.15) is 17.3 Å². The lowest BCUT2D eigenvalue weighted by Crippen LogP contribution is -2.49. The molecule has 1 unspecified atom stereocenters. The van der Waals surface area contributed by atoms with Crippen LogP contribution in [0, 0.1) is 0 Å². The number of benzene rings is 1. The molecule has 8 nitrogen and oxygen atoms in total. The van der Waals surface area contributed by atoms with Gasteiger partial charge in [-0.05, 0) is 12.1 Å². The summed E-state index contributed by atoms with van der Waals surface area (Å²) in [4.78, 5) is 25.3. The topological polar surface area (TPSA) is 127 Å². The first-order valence-electron chi connectivity index (χ1n) is 6.24. The summed E-state index contributed by atoms with van der Waals surface area (Å²) in [6.45, 7) is 0.0318. The minimum Gasteiger partial charge on any atom is -0.477 e. The van der Waals surface area contributed by atoms with Crippen molar-refractivity contribution < 1.29 is 14.3 Å². The van der Waals surface area contributed by atoms with Gasteiger partial charge in [0.25, 0.3) is 11.8 Å². The van der Waals surface area contributed by atoms with E-state index in [4.69, 9.17) is 16.2 Å². The highest BCUT2D eigenvalue weighted by molar-refractivity contribution is 6.07. The second-order valence-corrected chi connectivity index (χ2v) is 4.60. The van der Waals surface area contributed by atoms with E-state index in [0.717, 1.165) is 0 Å². The molecule has 108 valence electrons. The van der Waals surface area contributed by atoms with E-state index in [1.807, 2.05) is 0 Å². The number of primary amides is 1. The Morgan fingerprint density at radius 3 is 2.81 bits per heavy atom. The molecule has 1 aliphatic heterocycles. The number of nitrogens with zero attached hydrogens (tertiary/aromatic N) is 2. The van der Waals surface area contributed by atoms with Gasteiger partial charge in [0.15, 0.2) is 6.10 Å². The first-order chi connectivity index (χ1) is 10.1. The molecule has 8 heteroatoms. The van der Waals surface area contributed by atoms with E-state index in [-0.39, 0.29) is 24.0 Å². The van der Waals surface area contributed by atoms with Gasteiger partial charge >= 0.3 is 0 Å². The Kier molecular flexibility index (Phi) is 2.98. The molecule has 2 aromatic rings. The maximum atomic E-state index is 12.5. The number of amides is 2. The summed E-state index contributed by atoms with van der Waals surface area (Å²) in [5, 5.41) is 6.28. The van der Waals surface area contributed by atoms with E-state index in [9.17, 15) is 9.59 Å². The fourth-order valence-corrected chi connectivity index (χ4v) is 2.17. The molecule has 2 amide bonds. The number of nitrogen functional groups attached to an aromatic ring is 1. The Bertz CT molecular complexity index is 711. The standard InChI is InChI=1S/C13H13N5O3/c14-11-5-7(16-17-11)13(20)18-6-10(12(15)19)21-9-4-2-1-3-8(9)18/h1-5,10H,6H2,(H2,15,19)(H3,14,16,17). The van der Waals surface area contributed by atoms with Gasteiger partial charge in [-0.3, -0.25) is 19.6 Å². The van der Waals surface area contributed by atoms with E-state index in [1.165, 1.54) is 11.0 Å². The number of carbonyl (C=O) groups is 2.